The van der Waals surface area contributed by atoms with Gasteiger partial charge >= 0.3 is 0 Å². The van der Waals surface area contributed by atoms with Crippen LogP contribution in [0.2, 0.25) is 0 Å². The van der Waals surface area contributed by atoms with Crippen molar-refractivity contribution in [3.8, 4) is 11.4 Å². The zero-order valence-corrected chi connectivity index (χ0v) is 23.1. The van der Waals surface area contributed by atoms with E-state index in [0.29, 0.717) is 35.1 Å². The Hall–Kier alpha value is -4.13. The Morgan fingerprint density at radius 1 is 1.00 bits per heavy atom. The molecule has 0 radical (unpaired) electrons. The van der Waals surface area contributed by atoms with E-state index in [-0.39, 0.29) is 5.91 Å². The Balaban J connectivity index is 1.04. The lowest BCUT2D eigenvalue weighted by molar-refractivity contribution is -0.0250. The molecule has 2 saturated heterocycles. The molecule has 0 aromatic carbocycles. The van der Waals surface area contributed by atoms with E-state index in [1.165, 1.54) is 0 Å². The van der Waals surface area contributed by atoms with E-state index in [4.69, 9.17) is 4.98 Å². The number of fused-ring (bicyclic) bond motifs is 2. The van der Waals surface area contributed by atoms with Crippen LogP contribution in [-0.2, 0) is 6.54 Å². The number of nitrogens with zero attached hydrogens (tertiary/aromatic N) is 8. The minimum absolute atomic E-state index is 0.146. The molecule has 3 N–H and O–H groups in total. The maximum absolute atomic E-state index is 12.8. The number of hydrogen-bond donors (Lipinski definition) is 3. The normalized spacial score (nSPS) is 19.4. The van der Waals surface area contributed by atoms with Crippen molar-refractivity contribution in [1.82, 2.24) is 39.5 Å². The summed E-state index contributed by atoms with van der Waals surface area (Å²) in [4.78, 5) is 37.9. The number of pyridine rings is 2. The van der Waals surface area contributed by atoms with Crippen LogP contribution >= 0.6 is 0 Å². The lowest BCUT2D eigenvalue weighted by Crippen LogP contribution is -2.54. The molecular weight excluding hydrogens is 520 g/mol. The van der Waals surface area contributed by atoms with Crippen LogP contribution in [0, 0.1) is 0 Å². The van der Waals surface area contributed by atoms with Crippen LogP contribution in [0.3, 0.4) is 0 Å². The molecule has 0 bridgehead atoms. The van der Waals surface area contributed by atoms with Gasteiger partial charge in [0.05, 0.1) is 52.5 Å². The van der Waals surface area contributed by atoms with E-state index in [1.54, 1.807) is 18.6 Å². The van der Waals surface area contributed by atoms with Gasteiger partial charge in [0.2, 0.25) is 5.78 Å². The molecule has 12 nitrogen and oxygen atoms in total. The summed E-state index contributed by atoms with van der Waals surface area (Å²) in [6.07, 6.45) is 10.3. The number of aliphatic hydroxyl groups is 1. The molecule has 0 spiro atoms. The molecular formula is C29H34N10O2. The predicted octanol–water partition coefficient (Wildman–Crippen LogP) is 1.75. The fourth-order valence-electron chi connectivity index (χ4n) is 6.11. The monoisotopic (exact) mass is 554 g/mol. The number of β-amino-alcohol motifs (C(OH)–C–C–N with tert-alkyl or cyclic N) is 1. The van der Waals surface area contributed by atoms with Crippen LogP contribution in [0.5, 0.6) is 0 Å². The van der Waals surface area contributed by atoms with Crippen LogP contribution in [-0.4, -0.2) is 104 Å². The van der Waals surface area contributed by atoms with Crippen molar-refractivity contribution >= 4 is 28.9 Å². The van der Waals surface area contributed by atoms with E-state index in [1.807, 2.05) is 35.0 Å². The zero-order valence-electron chi connectivity index (χ0n) is 23.1. The van der Waals surface area contributed by atoms with E-state index < -0.39 is 5.60 Å². The molecule has 2 fully saturated rings. The van der Waals surface area contributed by atoms with Crippen molar-refractivity contribution in [1.29, 1.82) is 0 Å². The van der Waals surface area contributed by atoms with Gasteiger partial charge in [-0.15, -0.1) is 0 Å². The third-order valence-electron chi connectivity index (χ3n) is 8.55. The summed E-state index contributed by atoms with van der Waals surface area (Å²) in [6, 6.07) is 5.79. The van der Waals surface area contributed by atoms with Gasteiger partial charge in [-0.25, -0.2) is 15.0 Å². The lowest BCUT2D eigenvalue weighted by Gasteiger charge is -2.43. The number of carbonyl (C=O) groups excluding carboxylic acids is 1. The van der Waals surface area contributed by atoms with Gasteiger partial charge in [-0.1, -0.05) is 0 Å². The van der Waals surface area contributed by atoms with Gasteiger partial charge in [0.25, 0.3) is 5.91 Å². The summed E-state index contributed by atoms with van der Waals surface area (Å²) >= 11 is 0. The molecule has 3 aliphatic heterocycles. The Labute approximate surface area is 238 Å². The van der Waals surface area contributed by atoms with Crippen molar-refractivity contribution in [2.45, 2.75) is 25.0 Å². The first-order chi connectivity index (χ1) is 20.0. The number of rotatable bonds is 6. The average Bonchev–Trinajstić information content (AvgIpc) is 3.60. The summed E-state index contributed by atoms with van der Waals surface area (Å²) in [5.74, 6) is 1.06. The fraction of sp³-hybridized carbons (Fsp3) is 0.414. The summed E-state index contributed by atoms with van der Waals surface area (Å²) in [7, 11) is 2.15. The third kappa shape index (κ3) is 4.98. The smallest absolute Gasteiger partial charge is 0.254 e. The van der Waals surface area contributed by atoms with Gasteiger partial charge in [-0.05, 0) is 38.1 Å². The first kappa shape index (κ1) is 25.8. The topological polar surface area (TPSA) is 127 Å². The number of imidazole rings is 1. The minimum Gasteiger partial charge on any atom is -0.388 e. The van der Waals surface area contributed by atoms with Crippen molar-refractivity contribution < 1.29 is 9.90 Å². The molecule has 0 unspecified atom stereocenters. The van der Waals surface area contributed by atoms with Crippen molar-refractivity contribution in [2.24, 2.45) is 0 Å². The highest BCUT2D eigenvalue weighted by molar-refractivity contribution is 6.05. The Bertz CT molecular complexity index is 1570. The van der Waals surface area contributed by atoms with Crippen molar-refractivity contribution in [3.63, 3.8) is 0 Å². The quantitative estimate of drug-likeness (QED) is 0.324. The zero-order chi connectivity index (χ0) is 28.0. The van der Waals surface area contributed by atoms with Gasteiger partial charge < -0.3 is 25.5 Å². The van der Waals surface area contributed by atoms with Crippen LogP contribution in [0.15, 0.2) is 49.2 Å². The Morgan fingerprint density at radius 3 is 2.61 bits per heavy atom. The van der Waals surface area contributed by atoms with Gasteiger partial charge in [0, 0.05) is 70.3 Å². The number of nitrogens with one attached hydrogen (secondary N) is 2. The Morgan fingerprint density at radius 2 is 1.83 bits per heavy atom. The van der Waals surface area contributed by atoms with E-state index in [9.17, 15) is 9.90 Å². The van der Waals surface area contributed by atoms with Crippen LogP contribution in [0.25, 0.3) is 17.2 Å². The first-order valence-corrected chi connectivity index (χ1v) is 14.2. The molecule has 4 aromatic heterocycles. The molecule has 1 amide bonds. The molecule has 3 aliphatic rings. The number of anilines is 3. The fourth-order valence-corrected chi connectivity index (χ4v) is 6.11. The third-order valence-corrected chi connectivity index (χ3v) is 8.55. The SMILES string of the molecule is CN1CCN(CC2(O)CCN(c3ccc(Nc4cnc(-c5cnc6ncccn56)c5c4C(=O)NC5)nc3)CC2)CC1. The highest BCUT2D eigenvalue weighted by atomic mass is 16.3. The van der Waals surface area contributed by atoms with E-state index in [0.717, 1.165) is 75.6 Å². The largest absolute Gasteiger partial charge is 0.388 e. The highest BCUT2D eigenvalue weighted by Gasteiger charge is 2.35. The molecule has 0 saturated carbocycles. The standard InChI is InChI=1S/C29H34N10O2/c1-36-11-13-37(14-12-36)19-29(41)5-9-38(10-6-29)20-3-4-24(31-15-20)35-22-17-32-26(21-16-33-27(40)25(21)22)23-18-34-28-30-7-2-8-39(23)28/h2-4,7-8,15,17-18,41H,5-6,9-14,16,19H2,1H3,(H,31,35)(H,33,40). The van der Waals surface area contributed by atoms with Crippen LogP contribution in [0.1, 0.15) is 28.8 Å². The van der Waals surface area contributed by atoms with E-state index in [2.05, 4.69) is 47.3 Å². The van der Waals surface area contributed by atoms with Crippen molar-refractivity contribution in [2.75, 3.05) is 63.1 Å². The number of piperazine rings is 1. The molecule has 7 rings (SSSR count). The summed E-state index contributed by atoms with van der Waals surface area (Å²) in [5.41, 5.74) is 3.86. The number of amides is 1. The van der Waals surface area contributed by atoms with Gasteiger partial charge in [0.1, 0.15) is 5.82 Å². The molecule has 4 aromatic rings. The lowest BCUT2D eigenvalue weighted by atomic mass is 9.90. The number of carbonyl (C=O) groups is 1. The van der Waals surface area contributed by atoms with Crippen molar-refractivity contribution in [3.05, 3.63) is 60.3 Å². The van der Waals surface area contributed by atoms with Crippen LogP contribution in [0.4, 0.5) is 17.2 Å². The highest BCUT2D eigenvalue weighted by Crippen LogP contribution is 2.34. The second kappa shape index (κ2) is 10.4. The summed E-state index contributed by atoms with van der Waals surface area (Å²) < 4.78 is 1.87. The second-order valence-electron chi connectivity index (χ2n) is 11.3. The molecule has 12 heteroatoms. The maximum Gasteiger partial charge on any atom is 0.254 e. The van der Waals surface area contributed by atoms with Crippen LogP contribution < -0.4 is 15.5 Å². The average molecular weight is 555 g/mol. The number of piperidine rings is 1. The van der Waals surface area contributed by atoms with Gasteiger partial charge in [-0.2, -0.15) is 0 Å². The first-order valence-electron chi connectivity index (χ1n) is 14.2. The molecule has 7 heterocycles. The Kier molecular flexibility index (Phi) is 6.53. The maximum atomic E-state index is 12.8. The van der Waals surface area contributed by atoms with E-state index >= 15 is 0 Å². The molecule has 212 valence electrons. The molecule has 0 atom stereocenters. The number of aromatic nitrogens is 5. The number of hydrogen-bond acceptors (Lipinski definition) is 10. The summed E-state index contributed by atoms with van der Waals surface area (Å²) in [6.45, 7) is 6.86. The molecule has 0 aliphatic carbocycles. The summed E-state index contributed by atoms with van der Waals surface area (Å²) in [5, 5.41) is 17.5. The minimum atomic E-state index is -0.638. The van der Waals surface area contributed by atoms with Gasteiger partial charge in [0.15, 0.2) is 0 Å². The molecule has 41 heavy (non-hydrogen) atoms. The predicted molar refractivity (Wildman–Crippen MR) is 155 cm³/mol. The second-order valence-corrected chi connectivity index (χ2v) is 11.3. The van der Waals surface area contributed by atoms with Gasteiger partial charge in [-0.3, -0.25) is 19.1 Å². The number of likely N-dealkylation sites (N-methyl/N-ethyl adjacent to an activating group) is 1.